The molecule has 0 radical (unpaired) electrons. The first kappa shape index (κ1) is 19.5. The zero-order valence-corrected chi connectivity index (χ0v) is 15.8. The summed E-state index contributed by atoms with van der Waals surface area (Å²) >= 11 is 0. The van der Waals surface area contributed by atoms with Gasteiger partial charge in [-0.15, -0.1) is 0 Å². The highest BCUT2D eigenvalue weighted by molar-refractivity contribution is 6.10. The van der Waals surface area contributed by atoms with E-state index in [2.05, 4.69) is 17.6 Å². The van der Waals surface area contributed by atoms with Gasteiger partial charge in [0.05, 0.1) is 0 Å². The second kappa shape index (κ2) is 7.80. The molecule has 4 amide bonds. The predicted molar refractivity (Wildman–Crippen MR) is 103 cm³/mol. The highest BCUT2D eigenvalue weighted by atomic mass is 19.1. The topological polar surface area (TPSA) is 78.5 Å². The first-order chi connectivity index (χ1) is 13.3. The van der Waals surface area contributed by atoms with E-state index in [0.29, 0.717) is 11.3 Å². The van der Waals surface area contributed by atoms with Gasteiger partial charge in [-0.25, -0.2) is 9.18 Å². The largest absolute Gasteiger partial charge is 0.325 e. The first-order valence-electron chi connectivity index (χ1n) is 9.12. The Morgan fingerprint density at radius 3 is 2.36 bits per heavy atom. The Labute approximate surface area is 162 Å². The van der Waals surface area contributed by atoms with Crippen molar-refractivity contribution < 1.29 is 18.8 Å². The molecule has 2 aromatic rings. The van der Waals surface area contributed by atoms with Crippen LogP contribution in [0.25, 0.3) is 0 Å². The van der Waals surface area contributed by atoms with E-state index in [1.807, 2.05) is 24.3 Å². The Morgan fingerprint density at radius 2 is 1.75 bits per heavy atom. The predicted octanol–water partition coefficient (Wildman–Crippen LogP) is 3.18. The molecular formula is C21H22FN3O3. The third-order valence-corrected chi connectivity index (χ3v) is 4.77. The third kappa shape index (κ3) is 3.88. The molecule has 1 aliphatic rings. The lowest BCUT2D eigenvalue weighted by molar-refractivity contribution is -0.133. The standard InChI is InChI=1S/C21H22FN3O3/c1-3-4-14-5-7-15(8-6-14)21(2)19(27)25(20(28)24-21)13-18(26)23-17-11-9-16(22)10-12-17/h5-12H,3-4,13H2,1-2H3,(H,23,26)(H,24,28). The number of hydrogen-bond acceptors (Lipinski definition) is 3. The molecule has 2 N–H and O–H groups in total. The van der Waals surface area contributed by atoms with Crippen molar-refractivity contribution in [2.24, 2.45) is 0 Å². The van der Waals surface area contributed by atoms with Crippen LogP contribution in [-0.4, -0.2) is 29.3 Å². The van der Waals surface area contributed by atoms with Gasteiger partial charge >= 0.3 is 6.03 Å². The van der Waals surface area contributed by atoms with Gasteiger partial charge < -0.3 is 10.6 Å². The molecule has 146 valence electrons. The molecule has 1 aliphatic heterocycles. The smallest absolute Gasteiger partial charge is 0.325 e. The number of carbonyl (C=O) groups excluding carboxylic acids is 3. The zero-order chi connectivity index (χ0) is 20.3. The molecule has 0 bridgehead atoms. The molecule has 1 atom stereocenters. The zero-order valence-electron chi connectivity index (χ0n) is 15.8. The van der Waals surface area contributed by atoms with E-state index >= 15 is 0 Å². The van der Waals surface area contributed by atoms with Crippen molar-refractivity contribution in [3.8, 4) is 0 Å². The van der Waals surface area contributed by atoms with Crippen LogP contribution in [0.5, 0.6) is 0 Å². The first-order valence-corrected chi connectivity index (χ1v) is 9.12. The molecule has 1 saturated heterocycles. The molecule has 0 aliphatic carbocycles. The van der Waals surface area contributed by atoms with E-state index < -0.39 is 35.7 Å². The fourth-order valence-electron chi connectivity index (χ4n) is 3.21. The molecule has 28 heavy (non-hydrogen) atoms. The maximum Gasteiger partial charge on any atom is 0.325 e. The van der Waals surface area contributed by atoms with Crippen molar-refractivity contribution in [3.05, 3.63) is 65.5 Å². The van der Waals surface area contributed by atoms with Gasteiger partial charge in [0, 0.05) is 5.69 Å². The van der Waals surface area contributed by atoms with E-state index in [1.165, 1.54) is 24.3 Å². The summed E-state index contributed by atoms with van der Waals surface area (Å²) < 4.78 is 13.0. The Morgan fingerprint density at radius 1 is 1.11 bits per heavy atom. The van der Waals surface area contributed by atoms with Crippen LogP contribution in [0.4, 0.5) is 14.9 Å². The van der Waals surface area contributed by atoms with Crippen LogP contribution in [0.3, 0.4) is 0 Å². The van der Waals surface area contributed by atoms with Crippen LogP contribution in [0.1, 0.15) is 31.4 Å². The molecule has 3 rings (SSSR count). The Hall–Kier alpha value is -3.22. The molecule has 7 heteroatoms. The fourth-order valence-corrected chi connectivity index (χ4v) is 3.21. The summed E-state index contributed by atoms with van der Waals surface area (Å²) in [5.74, 6) is -1.46. The average molecular weight is 383 g/mol. The number of benzene rings is 2. The number of nitrogens with zero attached hydrogens (tertiary/aromatic N) is 1. The van der Waals surface area contributed by atoms with Crippen molar-refractivity contribution in [2.75, 3.05) is 11.9 Å². The van der Waals surface area contributed by atoms with E-state index in [9.17, 15) is 18.8 Å². The third-order valence-electron chi connectivity index (χ3n) is 4.77. The second-order valence-electron chi connectivity index (χ2n) is 6.95. The Kier molecular flexibility index (Phi) is 5.44. The van der Waals surface area contributed by atoms with Crippen LogP contribution in [0.15, 0.2) is 48.5 Å². The normalized spacial score (nSPS) is 18.9. The van der Waals surface area contributed by atoms with Gasteiger partial charge in [0.2, 0.25) is 5.91 Å². The number of amides is 4. The quantitative estimate of drug-likeness (QED) is 0.752. The van der Waals surface area contributed by atoms with E-state index in [-0.39, 0.29) is 0 Å². The van der Waals surface area contributed by atoms with Gasteiger partial charge in [-0.05, 0) is 48.7 Å². The number of halogens is 1. The number of imide groups is 1. The van der Waals surface area contributed by atoms with Gasteiger partial charge in [-0.1, -0.05) is 37.6 Å². The number of rotatable bonds is 6. The van der Waals surface area contributed by atoms with Crippen LogP contribution in [0, 0.1) is 5.82 Å². The van der Waals surface area contributed by atoms with E-state index in [0.717, 1.165) is 23.3 Å². The Bertz CT molecular complexity index is 896. The lowest BCUT2D eigenvalue weighted by atomic mass is 9.91. The van der Waals surface area contributed by atoms with Crippen LogP contribution < -0.4 is 10.6 Å². The minimum Gasteiger partial charge on any atom is -0.325 e. The lowest BCUT2D eigenvalue weighted by Gasteiger charge is -2.22. The summed E-state index contributed by atoms with van der Waals surface area (Å²) in [5.41, 5.74) is 0.972. The van der Waals surface area contributed by atoms with Crippen molar-refractivity contribution in [3.63, 3.8) is 0 Å². The summed E-state index contributed by atoms with van der Waals surface area (Å²) in [6.07, 6.45) is 1.95. The maximum atomic E-state index is 13.0. The monoisotopic (exact) mass is 383 g/mol. The van der Waals surface area contributed by atoms with Gasteiger partial charge in [-0.3, -0.25) is 14.5 Å². The maximum absolute atomic E-state index is 13.0. The van der Waals surface area contributed by atoms with Crippen LogP contribution in [0.2, 0.25) is 0 Å². The summed E-state index contributed by atoms with van der Waals surface area (Å²) in [4.78, 5) is 38.4. The molecule has 2 aromatic carbocycles. The van der Waals surface area contributed by atoms with Gasteiger partial charge in [0.1, 0.15) is 17.9 Å². The van der Waals surface area contributed by atoms with Crippen LogP contribution >= 0.6 is 0 Å². The summed E-state index contributed by atoms with van der Waals surface area (Å²) in [6.45, 7) is 3.29. The molecule has 0 saturated carbocycles. The van der Waals surface area contributed by atoms with Crippen molar-refractivity contribution in [2.45, 2.75) is 32.2 Å². The minimum absolute atomic E-state index is 0.382. The lowest BCUT2D eigenvalue weighted by Crippen LogP contribution is -2.42. The fraction of sp³-hybridized carbons (Fsp3) is 0.286. The van der Waals surface area contributed by atoms with Crippen molar-refractivity contribution in [1.29, 1.82) is 0 Å². The number of urea groups is 1. The van der Waals surface area contributed by atoms with Crippen molar-refractivity contribution >= 4 is 23.5 Å². The summed E-state index contributed by atoms with van der Waals surface area (Å²) in [5, 5.41) is 5.23. The number of anilines is 1. The molecular weight excluding hydrogens is 361 g/mol. The molecule has 1 heterocycles. The number of nitrogens with one attached hydrogen (secondary N) is 2. The second-order valence-corrected chi connectivity index (χ2v) is 6.95. The highest BCUT2D eigenvalue weighted by Crippen LogP contribution is 2.29. The molecule has 0 aromatic heterocycles. The van der Waals surface area contributed by atoms with Crippen LogP contribution in [-0.2, 0) is 21.5 Å². The van der Waals surface area contributed by atoms with Gasteiger partial charge in [0.15, 0.2) is 0 Å². The minimum atomic E-state index is -1.22. The molecule has 1 unspecified atom stereocenters. The summed E-state index contributed by atoms with van der Waals surface area (Å²) in [7, 11) is 0. The molecule has 6 nitrogen and oxygen atoms in total. The van der Waals surface area contributed by atoms with Crippen molar-refractivity contribution in [1.82, 2.24) is 10.2 Å². The Balaban J connectivity index is 1.71. The highest BCUT2D eigenvalue weighted by Gasteiger charge is 2.49. The van der Waals surface area contributed by atoms with Gasteiger partial charge in [-0.2, -0.15) is 0 Å². The van der Waals surface area contributed by atoms with E-state index in [1.54, 1.807) is 6.92 Å². The molecule has 1 fully saturated rings. The molecule has 0 spiro atoms. The van der Waals surface area contributed by atoms with E-state index in [4.69, 9.17) is 0 Å². The number of aryl methyl sites for hydroxylation is 1. The average Bonchev–Trinajstić information content (AvgIpc) is 2.88. The SMILES string of the molecule is CCCc1ccc(C2(C)NC(=O)N(CC(=O)Nc3ccc(F)cc3)C2=O)cc1. The number of carbonyl (C=O) groups is 3. The number of hydrogen-bond donors (Lipinski definition) is 2. The van der Waals surface area contributed by atoms with Gasteiger partial charge in [0.25, 0.3) is 5.91 Å². The summed E-state index contributed by atoms with van der Waals surface area (Å²) in [6, 6.07) is 12.1.